The monoisotopic (exact) mass is 348 g/mol. The molecule has 25 heavy (non-hydrogen) atoms. The zero-order valence-corrected chi connectivity index (χ0v) is 13.8. The van der Waals surface area contributed by atoms with Crippen molar-refractivity contribution in [1.82, 2.24) is 10.2 Å². The lowest BCUT2D eigenvalue weighted by Crippen LogP contribution is -2.45. The van der Waals surface area contributed by atoms with Crippen LogP contribution in [0.4, 0.5) is 4.39 Å². The van der Waals surface area contributed by atoms with E-state index in [1.165, 1.54) is 18.2 Å². The molecule has 2 N–H and O–H groups in total. The van der Waals surface area contributed by atoms with Crippen molar-refractivity contribution in [2.75, 3.05) is 19.6 Å². The summed E-state index contributed by atoms with van der Waals surface area (Å²) in [5.41, 5.74) is 0.432. The van der Waals surface area contributed by atoms with Crippen LogP contribution >= 0.6 is 0 Å². The van der Waals surface area contributed by atoms with Gasteiger partial charge in [-0.15, -0.1) is 0 Å². The highest BCUT2D eigenvalue weighted by molar-refractivity contribution is 5.85. The topological polar surface area (TPSA) is 86.7 Å². The lowest BCUT2D eigenvalue weighted by atomic mass is 9.91. The molecular weight excluding hydrogens is 327 g/mol. The molecule has 7 heteroatoms. The molecule has 2 amide bonds. The second-order valence-electron chi connectivity index (χ2n) is 6.92. The SMILES string of the molecule is O=C(Cc1cccc(F)c1)NCC(=O)N1CCC2(CC1)CC2C(=O)O. The number of carbonyl (C=O) groups is 3. The summed E-state index contributed by atoms with van der Waals surface area (Å²) in [5, 5.41) is 11.6. The van der Waals surface area contributed by atoms with Gasteiger partial charge >= 0.3 is 5.97 Å². The maximum atomic E-state index is 13.1. The summed E-state index contributed by atoms with van der Waals surface area (Å²) in [5.74, 6) is -1.92. The third-order valence-electron chi connectivity index (χ3n) is 5.29. The smallest absolute Gasteiger partial charge is 0.307 e. The number of rotatable bonds is 5. The minimum absolute atomic E-state index is 0.0223. The standard InChI is InChI=1S/C18H21FN2O4/c19-13-3-1-2-12(8-13)9-15(22)20-11-16(23)21-6-4-18(5-7-21)10-14(18)17(24)25/h1-3,8,14H,4-7,9-11H2,(H,20,22)(H,24,25). The first-order chi connectivity index (χ1) is 11.9. The van der Waals surface area contributed by atoms with Gasteiger partial charge in [-0.2, -0.15) is 0 Å². The van der Waals surface area contributed by atoms with E-state index < -0.39 is 11.8 Å². The van der Waals surface area contributed by atoms with Crippen LogP contribution in [0.3, 0.4) is 0 Å². The Balaban J connectivity index is 1.41. The number of carboxylic acids is 1. The zero-order chi connectivity index (χ0) is 18.0. The lowest BCUT2D eigenvalue weighted by molar-refractivity contribution is -0.140. The number of nitrogens with zero attached hydrogens (tertiary/aromatic N) is 1. The van der Waals surface area contributed by atoms with Crippen LogP contribution in [-0.2, 0) is 20.8 Å². The van der Waals surface area contributed by atoms with Crippen molar-refractivity contribution in [2.24, 2.45) is 11.3 Å². The lowest BCUT2D eigenvalue weighted by Gasteiger charge is -2.32. The van der Waals surface area contributed by atoms with Gasteiger partial charge in [0.25, 0.3) is 0 Å². The number of carbonyl (C=O) groups excluding carboxylic acids is 2. The number of aliphatic carboxylic acids is 1. The van der Waals surface area contributed by atoms with Crippen LogP contribution in [-0.4, -0.2) is 47.4 Å². The van der Waals surface area contributed by atoms with Crippen LogP contribution < -0.4 is 5.32 Å². The maximum absolute atomic E-state index is 13.1. The Bertz CT molecular complexity index is 698. The van der Waals surface area contributed by atoms with Crippen molar-refractivity contribution in [3.05, 3.63) is 35.6 Å². The number of carboxylic acid groups (broad SMARTS) is 1. The van der Waals surface area contributed by atoms with Crippen LogP contribution in [0.2, 0.25) is 0 Å². The normalized spacial score (nSPS) is 21.0. The first-order valence-corrected chi connectivity index (χ1v) is 8.41. The Morgan fingerprint density at radius 2 is 2.00 bits per heavy atom. The Kier molecular flexibility index (Phi) is 4.74. The van der Waals surface area contributed by atoms with E-state index in [0.717, 1.165) is 0 Å². The molecule has 2 fully saturated rings. The van der Waals surface area contributed by atoms with E-state index in [9.17, 15) is 18.8 Å². The third-order valence-corrected chi connectivity index (χ3v) is 5.29. The average molecular weight is 348 g/mol. The van der Waals surface area contributed by atoms with Gasteiger partial charge in [-0.1, -0.05) is 12.1 Å². The van der Waals surface area contributed by atoms with E-state index in [1.807, 2.05) is 0 Å². The first-order valence-electron chi connectivity index (χ1n) is 8.41. The average Bonchev–Trinajstić information content (AvgIpc) is 3.27. The van der Waals surface area contributed by atoms with E-state index in [2.05, 4.69) is 5.32 Å². The molecule has 0 radical (unpaired) electrons. The number of amides is 2. The Morgan fingerprint density at radius 1 is 1.28 bits per heavy atom. The predicted octanol–water partition coefficient (Wildman–Crippen LogP) is 1.20. The fraction of sp³-hybridized carbons (Fsp3) is 0.500. The number of likely N-dealkylation sites (tertiary alicyclic amines) is 1. The van der Waals surface area contributed by atoms with E-state index in [-0.39, 0.29) is 36.1 Å². The van der Waals surface area contributed by atoms with Crippen molar-refractivity contribution in [3.63, 3.8) is 0 Å². The minimum Gasteiger partial charge on any atom is -0.481 e. The van der Waals surface area contributed by atoms with Crippen molar-refractivity contribution in [3.8, 4) is 0 Å². The van der Waals surface area contributed by atoms with E-state index >= 15 is 0 Å². The molecule has 1 unspecified atom stereocenters. The summed E-state index contributed by atoms with van der Waals surface area (Å²) in [6.07, 6.45) is 2.13. The number of benzene rings is 1. The molecule has 1 saturated heterocycles. The predicted molar refractivity (Wildman–Crippen MR) is 87.1 cm³/mol. The molecule has 1 aromatic carbocycles. The van der Waals surface area contributed by atoms with Gasteiger partial charge in [0.15, 0.2) is 0 Å². The molecule has 2 aliphatic rings. The molecule has 1 saturated carbocycles. The van der Waals surface area contributed by atoms with Crippen LogP contribution in [0.1, 0.15) is 24.8 Å². The first kappa shape index (κ1) is 17.4. The number of nitrogens with one attached hydrogen (secondary N) is 1. The molecule has 134 valence electrons. The van der Waals surface area contributed by atoms with Gasteiger partial charge in [0.05, 0.1) is 18.9 Å². The molecule has 1 spiro atoms. The van der Waals surface area contributed by atoms with Crippen molar-refractivity contribution in [2.45, 2.75) is 25.7 Å². The van der Waals surface area contributed by atoms with Gasteiger partial charge in [-0.25, -0.2) is 4.39 Å². The summed E-state index contributed by atoms with van der Waals surface area (Å²) >= 11 is 0. The molecule has 1 aromatic rings. The van der Waals surface area contributed by atoms with Crippen LogP contribution in [0, 0.1) is 17.2 Å². The summed E-state index contributed by atoms with van der Waals surface area (Å²) in [6, 6.07) is 5.79. The number of halogens is 1. The molecule has 6 nitrogen and oxygen atoms in total. The minimum atomic E-state index is -0.746. The summed E-state index contributed by atoms with van der Waals surface area (Å²) in [4.78, 5) is 36.8. The largest absolute Gasteiger partial charge is 0.481 e. The molecular formula is C18H21FN2O4. The molecule has 1 aliphatic carbocycles. The highest BCUT2D eigenvalue weighted by Gasteiger charge is 2.59. The molecule has 3 rings (SSSR count). The van der Waals surface area contributed by atoms with Crippen molar-refractivity contribution < 1.29 is 23.9 Å². The Morgan fingerprint density at radius 3 is 2.60 bits per heavy atom. The fourth-order valence-corrected chi connectivity index (χ4v) is 3.63. The second-order valence-corrected chi connectivity index (χ2v) is 6.92. The highest BCUT2D eigenvalue weighted by Crippen LogP contribution is 2.59. The second kappa shape index (κ2) is 6.82. The molecule has 0 aromatic heterocycles. The van der Waals surface area contributed by atoms with E-state index in [4.69, 9.17) is 5.11 Å². The van der Waals surface area contributed by atoms with Crippen LogP contribution in [0.15, 0.2) is 24.3 Å². The quantitative estimate of drug-likeness (QED) is 0.837. The summed E-state index contributed by atoms with van der Waals surface area (Å²) in [7, 11) is 0. The van der Waals surface area contributed by atoms with Gasteiger partial charge in [0.2, 0.25) is 11.8 Å². The van der Waals surface area contributed by atoms with Crippen molar-refractivity contribution >= 4 is 17.8 Å². The van der Waals surface area contributed by atoms with Gasteiger partial charge in [0, 0.05) is 13.1 Å². The zero-order valence-electron chi connectivity index (χ0n) is 13.8. The number of piperidine rings is 1. The van der Waals surface area contributed by atoms with E-state index in [1.54, 1.807) is 11.0 Å². The van der Waals surface area contributed by atoms with Gasteiger partial charge in [-0.3, -0.25) is 14.4 Å². The fourth-order valence-electron chi connectivity index (χ4n) is 3.63. The van der Waals surface area contributed by atoms with Crippen LogP contribution in [0.25, 0.3) is 0 Å². The van der Waals surface area contributed by atoms with Gasteiger partial charge in [0.1, 0.15) is 5.82 Å². The van der Waals surface area contributed by atoms with Crippen LogP contribution in [0.5, 0.6) is 0 Å². The van der Waals surface area contributed by atoms with Gasteiger partial charge in [-0.05, 0) is 42.4 Å². The highest BCUT2D eigenvalue weighted by atomic mass is 19.1. The molecule has 1 aliphatic heterocycles. The van der Waals surface area contributed by atoms with E-state index in [0.29, 0.717) is 37.9 Å². The Labute approximate surface area is 145 Å². The number of hydrogen-bond donors (Lipinski definition) is 2. The maximum Gasteiger partial charge on any atom is 0.307 e. The molecule has 1 heterocycles. The van der Waals surface area contributed by atoms with Crippen molar-refractivity contribution in [1.29, 1.82) is 0 Å². The molecule has 0 bridgehead atoms. The third kappa shape index (κ3) is 3.97. The van der Waals surface area contributed by atoms with Gasteiger partial charge < -0.3 is 15.3 Å². The molecule has 1 atom stereocenters. The Hall–Kier alpha value is -2.44. The summed E-state index contributed by atoms with van der Waals surface area (Å²) < 4.78 is 13.1. The summed E-state index contributed by atoms with van der Waals surface area (Å²) in [6.45, 7) is 0.967. The number of hydrogen-bond acceptors (Lipinski definition) is 3.